The van der Waals surface area contributed by atoms with E-state index in [4.69, 9.17) is 9.16 Å². The molecule has 0 N–H and O–H groups in total. The van der Waals surface area contributed by atoms with Crippen LogP contribution in [-0.2, 0) is 9.16 Å². The second-order valence-corrected chi connectivity index (χ2v) is 5.41. The molecule has 0 fully saturated rings. The Balaban J connectivity index is 2.72. The van der Waals surface area contributed by atoms with Gasteiger partial charge in [0.05, 0.1) is 7.11 Å². The summed E-state index contributed by atoms with van der Waals surface area (Å²) in [5.41, 5.74) is 1.07. The first-order chi connectivity index (χ1) is 7.15. The van der Waals surface area contributed by atoms with Crippen LogP contribution in [0.3, 0.4) is 0 Å². The lowest BCUT2D eigenvalue weighted by Crippen LogP contribution is -2.30. The van der Waals surface area contributed by atoms with E-state index in [-0.39, 0.29) is 0 Å². The topological polar surface area (TPSA) is 18.5 Å². The van der Waals surface area contributed by atoms with Gasteiger partial charge >= 0.3 is 9.04 Å². The highest BCUT2D eigenvalue weighted by atomic mass is 28.3. The molecule has 0 aliphatic rings. The SMILES string of the molecule is COC(O[Si](C)c1ccccc1)=C(C)C. The summed E-state index contributed by atoms with van der Waals surface area (Å²) in [4.78, 5) is 0. The van der Waals surface area contributed by atoms with Crippen LogP contribution in [-0.4, -0.2) is 16.2 Å². The first-order valence-corrected chi connectivity index (χ1v) is 6.84. The van der Waals surface area contributed by atoms with E-state index in [1.165, 1.54) is 5.19 Å². The molecule has 0 saturated carbocycles. The molecule has 0 aliphatic heterocycles. The molecule has 0 saturated heterocycles. The van der Waals surface area contributed by atoms with Crippen molar-refractivity contribution < 1.29 is 9.16 Å². The largest absolute Gasteiger partial charge is 0.513 e. The second kappa shape index (κ2) is 5.61. The van der Waals surface area contributed by atoms with E-state index < -0.39 is 9.04 Å². The standard InChI is InChI=1S/C12H17O2Si/c1-10(2)12(13-3)14-15(4)11-8-6-5-7-9-11/h5-9H,1-4H3. The zero-order valence-corrected chi connectivity index (χ0v) is 10.7. The molecule has 3 heteroatoms. The molecular weight excluding hydrogens is 204 g/mol. The maximum Gasteiger partial charge on any atom is 0.317 e. The molecule has 0 bridgehead atoms. The Labute approximate surface area is 93.3 Å². The van der Waals surface area contributed by atoms with E-state index in [0.717, 1.165) is 5.57 Å². The third kappa shape index (κ3) is 3.44. The molecule has 0 spiro atoms. The Morgan fingerprint density at radius 3 is 2.20 bits per heavy atom. The van der Waals surface area contributed by atoms with Gasteiger partial charge in [-0.15, -0.1) is 0 Å². The molecule has 0 aliphatic carbocycles. The summed E-state index contributed by atoms with van der Waals surface area (Å²) < 4.78 is 11.0. The minimum atomic E-state index is -1.01. The van der Waals surface area contributed by atoms with Gasteiger partial charge in [0.25, 0.3) is 5.95 Å². The van der Waals surface area contributed by atoms with Crippen molar-refractivity contribution in [3.63, 3.8) is 0 Å². The van der Waals surface area contributed by atoms with Crippen LogP contribution in [0.25, 0.3) is 0 Å². The summed E-state index contributed by atoms with van der Waals surface area (Å²) in [5.74, 6) is 0.648. The Hall–Kier alpha value is -1.22. The third-order valence-corrected chi connectivity index (χ3v) is 3.66. The molecule has 0 amide bonds. The number of hydrogen-bond donors (Lipinski definition) is 0. The van der Waals surface area contributed by atoms with Crippen molar-refractivity contribution in [2.24, 2.45) is 0 Å². The van der Waals surface area contributed by atoms with Crippen molar-refractivity contribution in [2.45, 2.75) is 20.4 Å². The van der Waals surface area contributed by atoms with Crippen LogP contribution in [0.4, 0.5) is 0 Å². The summed E-state index contributed by atoms with van der Waals surface area (Å²) in [6.07, 6.45) is 0. The molecule has 1 aromatic carbocycles. The molecule has 15 heavy (non-hydrogen) atoms. The molecule has 0 unspecified atom stereocenters. The fraction of sp³-hybridized carbons (Fsp3) is 0.333. The van der Waals surface area contributed by atoms with E-state index in [1.54, 1.807) is 7.11 Å². The molecular formula is C12H17O2Si. The lowest BCUT2D eigenvalue weighted by atomic mass is 10.4. The number of hydrogen-bond acceptors (Lipinski definition) is 2. The molecule has 0 atom stereocenters. The van der Waals surface area contributed by atoms with Crippen molar-refractivity contribution in [3.8, 4) is 0 Å². The average Bonchev–Trinajstić information content (AvgIpc) is 2.26. The maximum atomic E-state index is 5.81. The summed E-state index contributed by atoms with van der Waals surface area (Å²) in [7, 11) is 0.636. The number of rotatable bonds is 4. The van der Waals surface area contributed by atoms with Gasteiger partial charge in [0.2, 0.25) is 0 Å². The molecule has 81 valence electrons. The first kappa shape index (κ1) is 11.8. The molecule has 1 aromatic rings. The summed E-state index contributed by atoms with van der Waals surface area (Å²) in [6, 6.07) is 10.2. The van der Waals surface area contributed by atoms with Crippen molar-refractivity contribution >= 4 is 14.2 Å². The van der Waals surface area contributed by atoms with Gasteiger partial charge in [-0.05, 0) is 25.6 Å². The van der Waals surface area contributed by atoms with Crippen LogP contribution in [0.5, 0.6) is 0 Å². The van der Waals surface area contributed by atoms with Crippen molar-refractivity contribution in [2.75, 3.05) is 7.11 Å². The summed E-state index contributed by atoms with van der Waals surface area (Å²) in [6.45, 7) is 6.08. The summed E-state index contributed by atoms with van der Waals surface area (Å²) in [5, 5.41) is 1.25. The molecule has 0 aromatic heterocycles. The Bertz CT molecular complexity index is 329. The highest BCUT2D eigenvalue weighted by Crippen LogP contribution is 2.07. The predicted molar refractivity (Wildman–Crippen MR) is 64.2 cm³/mol. The van der Waals surface area contributed by atoms with Crippen LogP contribution >= 0.6 is 0 Å². The Kier molecular flexibility index (Phi) is 4.43. The van der Waals surface area contributed by atoms with Gasteiger partial charge in [-0.2, -0.15) is 0 Å². The highest BCUT2D eigenvalue weighted by Gasteiger charge is 2.13. The number of allylic oxidation sites excluding steroid dienone is 1. The first-order valence-electron chi connectivity index (χ1n) is 4.93. The minimum absolute atomic E-state index is 0.648. The number of methoxy groups -OCH3 is 1. The van der Waals surface area contributed by atoms with Gasteiger partial charge in [0.15, 0.2) is 0 Å². The highest BCUT2D eigenvalue weighted by molar-refractivity contribution is 6.66. The third-order valence-electron chi connectivity index (χ3n) is 2.02. The zero-order chi connectivity index (χ0) is 11.3. The quantitative estimate of drug-likeness (QED) is 0.574. The monoisotopic (exact) mass is 221 g/mol. The fourth-order valence-corrected chi connectivity index (χ4v) is 2.56. The van der Waals surface area contributed by atoms with E-state index in [1.807, 2.05) is 32.0 Å². The fourth-order valence-electron chi connectivity index (χ4n) is 1.22. The van der Waals surface area contributed by atoms with Crippen LogP contribution in [0.2, 0.25) is 6.55 Å². The van der Waals surface area contributed by atoms with Gasteiger partial charge < -0.3 is 9.16 Å². The van der Waals surface area contributed by atoms with Gasteiger partial charge in [-0.25, -0.2) is 0 Å². The number of benzene rings is 1. The van der Waals surface area contributed by atoms with E-state index in [2.05, 4.69) is 18.7 Å². The average molecular weight is 221 g/mol. The van der Waals surface area contributed by atoms with Crippen molar-refractivity contribution in [1.29, 1.82) is 0 Å². The normalized spacial score (nSPS) is 9.93. The molecule has 1 radical (unpaired) electrons. The van der Waals surface area contributed by atoms with Gasteiger partial charge in [0, 0.05) is 5.57 Å². The Morgan fingerprint density at radius 2 is 1.73 bits per heavy atom. The summed E-state index contributed by atoms with van der Waals surface area (Å²) >= 11 is 0. The number of ether oxygens (including phenoxy) is 1. The van der Waals surface area contributed by atoms with Gasteiger partial charge in [0.1, 0.15) is 0 Å². The van der Waals surface area contributed by atoms with Crippen molar-refractivity contribution in [3.05, 3.63) is 41.9 Å². The second-order valence-electron chi connectivity index (χ2n) is 3.52. The molecule has 0 heterocycles. The van der Waals surface area contributed by atoms with Crippen LogP contribution in [0.15, 0.2) is 41.9 Å². The van der Waals surface area contributed by atoms with Crippen LogP contribution in [0, 0.1) is 0 Å². The van der Waals surface area contributed by atoms with E-state index >= 15 is 0 Å². The smallest absolute Gasteiger partial charge is 0.317 e. The lowest BCUT2D eigenvalue weighted by molar-refractivity contribution is 0.148. The van der Waals surface area contributed by atoms with Crippen molar-refractivity contribution in [1.82, 2.24) is 0 Å². The molecule has 1 rings (SSSR count). The zero-order valence-electron chi connectivity index (χ0n) is 9.70. The van der Waals surface area contributed by atoms with E-state index in [9.17, 15) is 0 Å². The minimum Gasteiger partial charge on any atom is -0.513 e. The lowest BCUT2D eigenvalue weighted by Gasteiger charge is -2.15. The molecule has 2 nitrogen and oxygen atoms in total. The van der Waals surface area contributed by atoms with Gasteiger partial charge in [-0.3, -0.25) is 0 Å². The van der Waals surface area contributed by atoms with Crippen LogP contribution < -0.4 is 5.19 Å². The van der Waals surface area contributed by atoms with E-state index in [0.29, 0.717) is 5.95 Å². The maximum absolute atomic E-state index is 5.81. The van der Waals surface area contributed by atoms with Gasteiger partial charge in [-0.1, -0.05) is 30.3 Å². The van der Waals surface area contributed by atoms with Crippen LogP contribution in [0.1, 0.15) is 13.8 Å². The Morgan fingerprint density at radius 1 is 1.13 bits per heavy atom. The predicted octanol–water partition coefficient (Wildman–Crippen LogP) is 2.43.